The molecule has 4 nitrogen and oxygen atoms in total. The topological polar surface area (TPSA) is 58.2 Å². The molecule has 0 aromatic heterocycles. The van der Waals surface area contributed by atoms with Crippen LogP contribution in [0.4, 0.5) is 5.69 Å². The van der Waals surface area contributed by atoms with Crippen LogP contribution in [0.1, 0.15) is 48.5 Å². The highest BCUT2D eigenvalue weighted by atomic mass is 16.2. The zero-order chi connectivity index (χ0) is 17.9. The van der Waals surface area contributed by atoms with Crippen molar-refractivity contribution in [3.8, 4) is 0 Å². The maximum atomic E-state index is 12.3. The highest BCUT2D eigenvalue weighted by molar-refractivity contribution is 6.03. The quantitative estimate of drug-likeness (QED) is 0.674. The van der Waals surface area contributed by atoms with Gasteiger partial charge in [-0.05, 0) is 37.0 Å². The van der Waals surface area contributed by atoms with E-state index in [-0.39, 0.29) is 11.8 Å². The fraction of sp³-hybridized carbons (Fsp3) is 0.333. The Kier molecular flexibility index (Phi) is 7.70. The van der Waals surface area contributed by atoms with Crippen LogP contribution in [0.2, 0.25) is 0 Å². The van der Waals surface area contributed by atoms with Crippen LogP contribution in [0.15, 0.2) is 54.6 Å². The third kappa shape index (κ3) is 6.42. The van der Waals surface area contributed by atoms with E-state index in [4.69, 9.17) is 0 Å². The number of hydrogen-bond acceptors (Lipinski definition) is 2. The Morgan fingerprint density at radius 3 is 2.40 bits per heavy atom. The van der Waals surface area contributed by atoms with E-state index in [1.54, 1.807) is 18.2 Å². The van der Waals surface area contributed by atoms with E-state index >= 15 is 0 Å². The Balaban J connectivity index is 1.86. The van der Waals surface area contributed by atoms with E-state index in [0.29, 0.717) is 24.2 Å². The van der Waals surface area contributed by atoms with E-state index in [1.807, 2.05) is 24.3 Å². The van der Waals surface area contributed by atoms with Crippen LogP contribution in [0.25, 0.3) is 0 Å². The summed E-state index contributed by atoms with van der Waals surface area (Å²) in [4.78, 5) is 24.5. The van der Waals surface area contributed by atoms with E-state index in [9.17, 15) is 9.59 Å². The predicted molar refractivity (Wildman–Crippen MR) is 102 cm³/mol. The molecule has 0 saturated carbocycles. The molecule has 2 aromatic carbocycles. The highest BCUT2D eigenvalue weighted by Crippen LogP contribution is 2.16. The summed E-state index contributed by atoms with van der Waals surface area (Å²) in [6.07, 6.45) is 4.05. The van der Waals surface area contributed by atoms with Crippen molar-refractivity contribution in [1.82, 2.24) is 5.32 Å². The zero-order valence-electron chi connectivity index (χ0n) is 14.8. The molecule has 0 aliphatic rings. The first-order chi connectivity index (χ1) is 12.2. The number of para-hydroxylation sites is 1. The Morgan fingerprint density at radius 2 is 1.64 bits per heavy atom. The largest absolute Gasteiger partial charge is 0.352 e. The number of carbonyl (C=O) groups excluding carboxylic acids is 2. The summed E-state index contributed by atoms with van der Waals surface area (Å²) in [6, 6.07) is 17.2. The molecule has 4 heteroatoms. The lowest BCUT2D eigenvalue weighted by Crippen LogP contribution is -2.26. The summed E-state index contributed by atoms with van der Waals surface area (Å²) >= 11 is 0. The first kappa shape index (κ1) is 18.7. The molecule has 0 aliphatic carbocycles. The maximum absolute atomic E-state index is 12.3. The molecule has 0 heterocycles. The zero-order valence-corrected chi connectivity index (χ0v) is 14.8. The number of hydrogen-bond donors (Lipinski definition) is 2. The van der Waals surface area contributed by atoms with Gasteiger partial charge in [-0.2, -0.15) is 0 Å². The molecular weight excluding hydrogens is 312 g/mol. The van der Waals surface area contributed by atoms with E-state index < -0.39 is 0 Å². The van der Waals surface area contributed by atoms with Crippen LogP contribution in [0.5, 0.6) is 0 Å². The summed E-state index contributed by atoms with van der Waals surface area (Å²) in [5.74, 6) is -0.210. The van der Waals surface area contributed by atoms with Crippen LogP contribution in [0.3, 0.4) is 0 Å². The summed E-state index contributed by atoms with van der Waals surface area (Å²) in [6.45, 7) is 2.73. The molecule has 2 aromatic rings. The minimum Gasteiger partial charge on any atom is -0.352 e. The molecule has 0 radical (unpaired) electrons. The lowest BCUT2D eigenvalue weighted by Gasteiger charge is -2.11. The molecule has 0 aliphatic heterocycles. The fourth-order valence-corrected chi connectivity index (χ4v) is 2.57. The Hall–Kier alpha value is -2.62. The average molecular weight is 338 g/mol. The van der Waals surface area contributed by atoms with E-state index in [0.717, 1.165) is 25.7 Å². The third-order valence-corrected chi connectivity index (χ3v) is 3.97. The van der Waals surface area contributed by atoms with Crippen molar-refractivity contribution < 1.29 is 9.59 Å². The number of aryl methyl sites for hydroxylation is 1. The van der Waals surface area contributed by atoms with Crippen molar-refractivity contribution in [1.29, 1.82) is 0 Å². The molecule has 0 bridgehead atoms. The van der Waals surface area contributed by atoms with Gasteiger partial charge in [-0.1, -0.05) is 55.8 Å². The number of carbonyl (C=O) groups is 2. The molecule has 0 fully saturated rings. The van der Waals surface area contributed by atoms with Gasteiger partial charge >= 0.3 is 0 Å². The van der Waals surface area contributed by atoms with Gasteiger partial charge in [0.05, 0.1) is 11.3 Å². The van der Waals surface area contributed by atoms with Gasteiger partial charge in [0, 0.05) is 13.0 Å². The lowest BCUT2D eigenvalue weighted by atomic mass is 10.1. The van der Waals surface area contributed by atoms with Gasteiger partial charge < -0.3 is 10.6 Å². The van der Waals surface area contributed by atoms with Crippen LogP contribution in [0, 0.1) is 0 Å². The van der Waals surface area contributed by atoms with Crippen LogP contribution < -0.4 is 10.6 Å². The van der Waals surface area contributed by atoms with E-state index in [2.05, 4.69) is 29.7 Å². The van der Waals surface area contributed by atoms with Gasteiger partial charge in [0.2, 0.25) is 5.91 Å². The fourth-order valence-electron chi connectivity index (χ4n) is 2.57. The van der Waals surface area contributed by atoms with E-state index in [1.165, 1.54) is 5.56 Å². The normalized spacial score (nSPS) is 10.3. The molecule has 0 atom stereocenters. The molecule has 2 rings (SSSR count). The molecule has 2 amide bonds. The van der Waals surface area contributed by atoms with Crippen molar-refractivity contribution in [2.24, 2.45) is 0 Å². The van der Waals surface area contributed by atoms with Gasteiger partial charge in [0.1, 0.15) is 0 Å². The van der Waals surface area contributed by atoms with Gasteiger partial charge in [-0.25, -0.2) is 0 Å². The first-order valence-corrected chi connectivity index (χ1v) is 8.91. The minimum absolute atomic E-state index is 0.0651. The smallest absolute Gasteiger partial charge is 0.253 e. The van der Waals surface area contributed by atoms with Crippen LogP contribution in [-0.2, 0) is 11.2 Å². The monoisotopic (exact) mass is 338 g/mol. The second-order valence-corrected chi connectivity index (χ2v) is 6.04. The van der Waals surface area contributed by atoms with Crippen LogP contribution >= 0.6 is 0 Å². The summed E-state index contributed by atoms with van der Waals surface area (Å²) < 4.78 is 0. The molecule has 0 saturated heterocycles. The van der Waals surface area contributed by atoms with Gasteiger partial charge in [-0.15, -0.1) is 0 Å². The SMILES string of the molecule is CCCCNC(=O)c1ccccc1NC(=O)CCCc1ccccc1. The van der Waals surface area contributed by atoms with Gasteiger partial charge in [0.25, 0.3) is 5.91 Å². The standard InChI is InChI=1S/C21H26N2O2/c1-2-3-16-22-21(25)18-13-7-8-14-19(18)23-20(24)15-9-12-17-10-5-4-6-11-17/h4-8,10-11,13-14H,2-3,9,12,15-16H2,1H3,(H,22,25)(H,23,24). The Bertz CT molecular complexity index is 683. The molecule has 0 unspecified atom stereocenters. The van der Waals surface area contributed by atoms with Gasteiger partial charge in [-0.3, -0.25) is 9.59 Å². The highest BCUT2D eigenvalue weighted by Gasteiger charge is 2.12. The van der Waals surface area contributed by atoms with Crippen molar-refractivity contribution in [2.45, 2.75) is 39.0 Å². The lowest BCUT2D eigenvalue weighted by molar-refractivity contribution is -0.116. The number of benzene rings is 2. The second kappa shape index (κ2) is 10.3. The number of amides is 2. The summed E-state index contributed by atoms with van der Waals surface area (Å²) in [7, 11) is 0. The van der Waals surface area contributed by atoms with Crippen molar-refractivity contribution in [2.75, 3.05) is 11.9 Å². The molecule has 132 valence electrons. The predicted octanol–water partition coefficient (Wildman–Crippen LogP) is 4.18. The number of unbranched alkanes of at least 4 members (excludes halogenated alkanes) is 1. The van der Waals surface area contributed by atoms with Crippen molar-refractivity contribution in [3.63, 3.8) is 0 Å². The Labute approximate surface area is 149 Å². The number of rotatable bonds is 9. The van der Waals surface area contributed by atoms with Gasteiger partial charge in [0.15, 0.2) is 0 Å². The Morgan fingerprint density at radius 1 is 0.920 bits per heavy atom. The molecular formula is C21H26N2O2. The average Bonchev–Trinajstić information content (AvgIpc) is 2.63. The first-order valence-electron chi connectivity index (χ1n) is 8.91. The van der Waals surface area contributed by atoms with Crippen molar-refractivity contribution >= 4 is 17.5 Å². The van der Waals surface area contributed by atoms with Crippen molar-refractivity contribution in [3.05, 3.63) is 65.7 Å². The molecule has 25 heavy (non-hydrogen) atoms. The third-order valence-electron chi connectivity index (χ3n) is 3.97. The minimum atomic E-state index is -0.145. The van der Waals surface area contributed by atoms with Crippen LogP contribution in [-0.4, -0.2) is 18.4 Å². The number of nitrogens with one attached hydrogen (secondary N) is 2. The summed E-state index contributed by atoms with van der Waals surface area (Å²) in [5.41, 5.74) is 2.31. The number of anilines is 1. The molecule has 0 spiro atoms. The second-order valence-electron chi connectivity index (χ2n) is 6.04. The molecule has 2 N–H and O–H groups in total. The summed E-state index contributed by atoms with van der Waals surface area (Å²) in [5, 5.41) is 5.76. The maximum Gasteiger partial charge on any atom is 0.253 e.